The summed E-state index contributed by atoms with van der Waals surface area (Å²) < 4.78 is 12.9. The summed E-state index contributed by atoms with van der Waals surface area (Å²) in [5.74, 6) is 0.996. The van der Waals surface area contributed by atoms with Gasteiger partial charge in [0.25, 0.3) is 0 Å². The molecule has 1 atom stereocenters. The summed E-state index contributed by atoms with van der Waals surface area (Å²) in [5, 5.41) is 3.86. The van der Waals surface area contributed by atoms with Crippen LogP contribution in [0.3, 0.4) is 0 Å². The van der Waals surface area contributed by atoms with Gasteiger partial charge in [0.15, 0.2) is 0 Å². The van der Waals surface area contributed by atoms with Gasteiger partial charge in [0.2, 0.25) is 0 Å². The fourth-order valence-corrected chi connectivity index (χ4v) is 2.91. The Morgan fingerprint density at radius 3 is 3.13 bits per heavy atom. The van der Waals surface area contributed by atoms with Crippen LogP contribution in [0.25, 0.3) is 0 Å². The van der Waals surface area contributed by atoms with Crippen molar-refractivity contribution < 1.29 is 4.39 Å². The van der Waals surface area contributed by atoms with Crippen molar-refractivity contribution in [2.45, 2.75) is 18.1 Å². The highest BCUT2D eigenvalue weighted by atomic mass is 32.2. The van der Waals surface area contributed by atoms with E-state index in [1.165, 1.54) is 30.7 Å². The highest BCUT2D eigenvalue weighted by Crippen LogP contribution is 2.27. The van der Waals surface area contributed by atoms with E-state index in [-0.39, 0.29) is 5.82 Å². The van der Waals surface area contributed by atoms with Crippen molar-refractivity contribution >= 4 is 23.1 Å². The van der Waals surface area contributed by atoms with Gasteiger partial charge in [0.05, 0.1) is 11.4 Å². The van der Waals surface area contributed by atoms with E-state index in [4.69, 9.17) is 5.73 Å². The van der Waals surface area contributed by atoms with Crippen LogP contribution >= 0.6 is 11.8 Å². The van der Waals surface area contributed by atoms with Gasteiger partial charge in [-0.1, -0.05) is 0 Å². The molecule has 4 heteroatoms. The van der Waals surface area contributed by atoms with Crippen LogP contribution in [0.2, 0.25) is 0 Å². The van der Waals surface area contributed by atoms with Crippen molar-refractivity contribution in [2.75, 3.05) is 23.3 Å². The van der Waals surface area contributed by atoms with E-state index in [9.17, 15) is 4.39 Å². The normalized spacial score (nSPS) is 20.5. The molecule has 1 aromatic rings. The standard InChI is InChI=1S/C11H15FN2S/c12-8-3-4-10(13)11(6-8)14-7-9-2-1-5-15-9/h3-4,6,9,14H,1-2,5,7,13H2. The molecule has 1 unspecified atom stereocenters. The van der Waals surface area contributed by atoms with Crippen LogP contribution in [0, 0.1) is 5.82 Å². The molecule has 15 heavy (non-hydrogen) atoms. The highest BCUT2D eigenvalue weighted by Gasteiger charge is 2.15. The fraction of sp³-hybridized carbons (Fsp3) is 0.455. The predicted octanol–water partition coefficient (Wildman–Crippen LogP) is 2.72. The first kappa shape index (κ1) is 10.6. The van der Waals surface area contributed by atoms with Crippen LogP contribution < -0.4 is 11.1 Å². The van der Waals surface area contributed by atoms with Crippen molar-refractivity contribution in [3.63, 3.8) is 0 Å². The largest absolute Gasteiger partial charge is 0.397 e. The van der Waals surface area contributed by atoms with Gasteiger partial charge < -0.3 is 11.1 Å². The molecule has 82 valence electrons. The lowest BCUT2D eigenvalue weighted by Gasteiger charge is -2.13. The van der Waals surface area contributed by atoms with Crippen molar-refractivity contribution in [2.24, 2.45) is 0 Å². The molecule has 2 rings (SSSR count). The Morgan fingerprint density at radius 1 is 1.53 bits per heavy atom. The summed E-state index contributed by atoms with van der Waals surface area (Å²) in [7, 11) is 0. The number of rotatable bonds is 3. The first-order valence-electron chi connectivity index (χ1n) is 5.16. The number of nitrogen functional groups attached to an aromatic ring is 1. The van der Waals surface area contributed by atoms with Crippen LogP contribution in [0.1, 0.15) is 12.8 Å². The second-order valence-corrected chi connectivity index (χ2v) is 5.16. The first-order valence-corrected chi connectivity index (χ1v) is 6.21. The summed E-state index contributed by atoms with van der Waals surface area (Å²) in [6, 6.07) is 4.43. The number of halogens is 1. The third-order valence-electron chi connectivity index (χ3n) is 2.56. The lowest BCUT2D eigenvalue weighted by molar-refractivity contribution is 0.628. The van der Waals surface area contributed by atoms with E-state index >= 15 is 0 Å². The van der Waals surface area contributed by atoms with Gasteiger partial charge in [-0.15, -0.1) is 0 Å². The Bertz CT molecular complexity index is 337. The molecular weight excluding hydrogens is 211 g/mol. The van der Waals surface area contributed by atoms with Crippen LogP contribution in [0.5, 0.6) is 0 Å². The van der Waals surface area contributed by atoms with E-state index in [1.54, 1.807) is 6.07 Å². The van der Waals surface area contributed by atoms with Gasteiger partial charge in [-0.3, -0.25) is 0 Å². The predicted molar refractivity (Wildman–Crippen MR) is 64.8 cm³/mol. The smallest absolute Gasteiger partial charge is 0.125 e. The molecule has 0 bridgehead atoms. The Morgan fingerprint density at radius 2 is 2.40 bits per heavy atom. The zero-order valence-electron chi connectivity index (χ0n) is 8.50. The summed E-state index contributed by atoms with van der Waals surface area (Å²) in [5.41, 5.74) is 7.06. The highest BCUT2D eigenvalue weighted by molar-refractivity contribution is 8.00. The van der Waals surface area contributed by atoms with Crippen LogP contribution in [-0.4, -0.2) is 17.5 Å². The lowest BCUT2D eigenvalue weighted by atomic mass is 10.2. The fourth-order valence-electron chi connectivity index (χ4n) is 1.71. The Kier molecular flexibility index (Phi) is 3.36. The molecule has 0 aromatic heterocycles. The topological polar surface area (TPSA) is 38.0 Å². The van der Waals surface area contributed by atoms with Gasteiger partial charge in [-0.05, 0) is 36.8 Å². The summed E-state index contributed by atoms with van der Waals surface area (Å²) in [4.78, 5) is 0. The molecule has 1 aliphatic heterocycles. The molecule has 1 fully saturated rings. The molecule has 0 spiro atoms. The molecule has 1 aromatic carbocycles. The SMILES string of the molecule is Nc1ccc(F)cc1NCC1CCCS1. The zero-order valence-corrected chi connectivity index (χ0v) is 9.32. The lowest BCUT2D eigenvalue weighted by Crippen LogP contribution is -2.14. The van der Waals surface area contributed by atoms with Gasteiger partial charge in [-0.25, -0.2) is 4.39 Å². The van der Waals surface area contributed by atoms with E-state index in [1.807, 2.05) is 11.8 Å². The Hall–Kier alpha value is -0.900. The molecule has 1 aliphatic rings. The van der Waals surface area contributed by atoms with Crippen molar-refractivity contribution in [3.8, 4) is 0 Å². The molecule has 0 saturated carbocycles. The Labute approximate surface area is 93.4 Å². The average molecular weight is 226 g/mol. The molecule has 0 radical (unpaired) electrons. The monoisotopic (exact) mass is 226 g/mol. The first-order chi connectivity index (χ1) is 7.25. The molecule has 1 saturated heterocycles. The molecule has 0 aliphatic carbocycles. The number of anilines is 2. The minimum absolute atomic E-state index is 0.245. The summed E-state index contributed by atoms with van der Waals surface area (Å²) >= 11 is 1.97. The summed E-state index contributed by atoms with van der Waals surface area (Å²) in [6.07, 6.45) is 2.53. The summed E-state index contributed by atoms with van der Waals surface area (Å²) in [6.45, 7) is 0.873. The minimum Gasteiger partial charge on any atom is -0.397 e. The number of nitrogens with two attached hydrogens (primary N) is 1. The molecule has 3 N–H and O–H groups in total. The van der Waals surface area contributed by atoms with Gasteiger partial charge >= 0.3 is 0 Å². The molecule has 1 heterocycles. The third kappa shape index (κ3) is 2.78. The van der Waals surface area contributed by atoms with E-state index in [0.29, 0.717) is 16.6 Å². The van der Waals surface area contributed by atoms with Gasteiger partial charge in [0, 0.05) is 11.8 Å². The zero-order chi connectivity index (χ0) is 10.7. The number of nitrogens with one attached hydrogen (secondary N) is 1. The van der Waals surface area contributed by atoms with E-state index in [0.717, 1.165) is 6.54 Å². The maximum atomic E-state index is 12.9. The minimum atomic E-state index is -0.245. The van der Waals surface area contributed by atoms with Crippen LogP contribution in [0.15, 0.2) is 18.2 Å². The molecule has 0 amide bonds. The van der Waals surface area contributed by atoms with Crippen molar-refractivity contribution in [3.05, 3.63) is 24.0 Å². The van der Waals surface area contributed by atoms with Crippen LogP contribution in [0.4, 0.5) is 15.8 Å². The van der Waals surface area contributed by atoms with Crippen molar-refractivity contribution in [1.29, 1.82) is 0 Å². The maximum absolute atomic E-state index is 12.9. The number of hydrogen-bond acceptors (Lipinski definition) is 3. The molecular formula is C11H15FN2S. The van der Waals surface area contributed by atoms with Gasteiger partial charge in [-0.2, -0.15) is 11.8 Å². The third-order valence-corrected chi connectivity index (χ3v) is 3.96. The van der Waals surface area contributed by atoms with Gasteiger partial charge in [0.1, 0.15) is 5.82 Å². The quantitative estimate of drug-likeness (QED) is 0.778. The molecule has 2 nitrogen and oxygen atoms in total. The average Bonchev–Trinajstić information content (AvgIpc) is 2.72. The Balaban J connectivity index is 1.94. The van der Waals surface area contributed by atoms with Crippen LogP contribution in [-0.2, 0) is 0 Å². The second kappa shape index (κ2) is 4.75. The number of thioether (sulfide) groups is 1. The van der Waals surface area contributed by atoms with Crippen molar-refractivity contribution in [1.82, 2.24) is 0 Å². The van der Waals surface area contributed by atoms with E-state index in [2.05, 4.69) is 5.32 Å². The number of hydrogen-bond donors (Lipinski definition) is 2. The van der Waals surface area contributed by atoms with E-state index < -0.39 is 0 Å². The number of benzene rings is 1. The second-order valence-electron chi connectivity index (χ2n) is 3.75. The maximum Gasteiger partial charge on any atom is 0.125 e.